The molecule has 0 amide bonds. The minimum absolute atomic E-state index is 0.139. The Labute approximate surface area is 106 Å². The summed E-state index contributed by atoms with van der Waals surface area (Å²) < 4.78 is 1.84. The van der Waals surface area contributed by atoms with Crippen LogP contribution in [0, 0.1) is 13.8 Å². The number of aryl methyl sites for hydroxylation is 2. The zero-order valence-electron chi connectivity index (χ0n) is 10.6. The van der Waals surface area contributed by atoms with Crippen LogP contribution in [0.15, 0.2) is 30.5 Å². The molecule has 1 heterocycles. The first kappa shape index (κ1) is 12.4. The average Bonchev–Trinajstić information content (AvgIpc) is 2.69. The van der Waals surface area contributed by atoms with E-state index < -0.39 is 5.97 Å². The van der Waals surface area contributed by atoms with Crippen LogP contribution >= 0.6 is 0 Å². The molecule has 1 N–H and O–H groups in total. The predicted molar refractivity (Wildman–Crippen MR) is 69.0 cm³/mol. The Morgan fingerprint density at radius 3 is 2.56 bits per heavy atom. The molecule has 0 saturated heterocycles. The lowest BCUT2D eigenvalue weighted by molar-refractivity contribution is -0.136. The zero-order valence-corrected chi connectivity index (χ0v) is 10.6. The lowest BCUT2D eigenvalue weighted by atomic mass is 10.1. The second-order valence-corrected chi connectivity index (χ2v) is 4.40. The molecule has 2 aromatic rings. The highest BCUT2D eigenvalue weighted by Gasteiger charge is 2.09. The summed E-state index contributed by atoms with van der Waals surface area (Å²) >= 11 is 0. The Morgan fingerprint density at radius 1 is 1.28 bits per heavy atom. The molecule has 0 atom stereocenters. The van der Waals surface area contributed by atoms with Gasteiger partial charge in [-0.15, -0.1) is 0 Å². The molecule has 0 bridgehead atoms. The van der Waals surface area contributed by atoms with Crippen molar-refractivity contribution in [2.75, 3.05) is 0 Å². The molecular weight excluding hydrogens is 228 g/mol. The van der Waals surface area contributed by atoms with Gasteiger partial charge in [-0.3, -0.25) is 4.79 Å². The molecule has 1 aromatic carbocycles. The van der Waals surface area contributed by atoms with Gasteiger partial charge in [-0.1, -0.05) is 17.7 Å². The van der Waals surface area contributed by atoms with E-state index in [1.165, 1.54) is 5.56 Å². The number of benzene rings is 1. The normalized spacial score (nSPS) is 10.6. The second-order valence-electron chi connectivity index (χ2n) is 4.40. The third-order valence-corrected chi connectivity index (χ3v) is 3.00. The van der Waals surface area contributed by atoms with Gasteiger partial charge in [-0.2, -0.15) is 5.10 Å². The van der Waals surface area contributed by atoms with Gasteiger partial charge in [0.25, 0.3) is 0 Å². The van der Waals surface area contributed by atoms with Crippen LogP contribution in [0.4, 0.5) is 0 Å². The minimum Gasteiger partial charge on any atom is -0.481 e. The quantitative estimate of drug-likeness (QED) is 0.899. The summed E-state index contributed by atoms with van der Waals surface area (Å²) in [6, 6.07) is 8.09. The number of aliphatic carboxylic acids is 1. The van der Waals surface area contributed by atoms with Crippen LogP contribution in [0.1, 0.15) is 23.2 Å². The molecule has 4 nitrogen and oxygen atoms in total. The Hall–Kier alpha value is -2.10. The third-order valence-electron chi connectivity index (χ3n) is 3.00. The zero-order chi connectivity index (χ0) is 13.1. The Bertz CT molecular complexity index is 556. The largest absolute Gasteiger partial charge is 0.481 e. The first-order valence-corrected chi connectivity index (χ1v) is 5.90. The maximum Gasteiger partial charge on any atom is 0.303 e. The Kier molecular flexibility index (Phi) is 3.46. The molecule has 2 rings (SSSR count). The number of carboxylic acids is 1. The molecule has 0 fully saturated rings. The van der Waals surface area contributed by atoms with Crippen molar-refractivity contribution in [3.63, 3.8) is 0 Å². The molecule has 0 aliphatic carbocycles. The van der Waals surface area contributed by atoms with E-state index in [1.54, 1.807) is 6.20 Å². The van der Waals surface area contributed by atoms with Gasteiger partial charge in [0.2, 0.25) is 0 Å². The predicted octanol–water partition coefficient (Wildman–Crippen LogP) is 2.51. The van der Waals surface area contributed by atoms with Crippen molar-refractivity contribution >= 4 is 5.97 Å². The topological polar surface area (TPSA) is 55.1 Å². The molecule has 0 radical (unpaired) electrons. The number of hydrogen-bond acceptors (Lipinski definition) is 2. The molecule has 4 heteroatoms. The van der Waals surface area contributed by atoms with Crippen molar-refractivity contribution in [1.82, 2.24) is 9.78 Å². The molecule has 0 aliphatic heterocycles. The van der Waals surface area contributed by atoms with Gasteiger partial charge in [0.05, 0.1) is 11.9 Å². The smallest absolute Gasteiger partial charge is 0.303 e. The highest BCUT2D eigenvalue weighted by molar-refractivity contribution is 5.67. The van der Waals surface area contributed by atoms with Crippen LogP contribution in [-0.4, -0.2) is 20.9 Å². The summed E-state index contributed by atoms with van der Waals surface area (Å²) in [7, 11) is 0. The monoisotopic (exact) mass is 244 g/mol. The molecule has 18 heavy (non-hydrogen) atoms. The standard InChI is InChI=1S/C14H16N2O2/c1-10-3-6-13(7-4-10)16-11(2)12(9-15-16)5-8-14(17)18/h3-4,6-7,9H,5,8H2,1-2H3,(H,17,18). The van der Waals surface area contributed by atoms with E-state index in [9.17, 15) is 4.79 Å². The summed E-state index contributed by atoms with van der Waals surface area (Å²) in [6.07, 6.45) is 2.41. The number of rotatable bonds is 4. The van der Waals surface area contributed by atoms with E-state index in [-0.39, 0.29) is 6.42 Å². The molecule has 0 saturated carbocycles. The fraction of sp³-hybridized carbons (Fsp3) is 0.286. The average molecular weight is 244 g/mol. The number of carbonyl (C=O) groups is 1. The number of aromatic nitrogens is 2. The van der Waals surface area contributed by atoms with Gasteiger partial charge in [-0.05, 0) is 38.0 Å². The van der Waals surface area contributed by atoms with Crippen LogP contribution in [0.2, 0.25) is 0 Å². The summed E-state index contributed by atoms with van der Waals surface area (Å²) in [5.74, 6) is -0.780. The van der Waals surface area contributed by atoms with Crippen LogP contribution in [-0.2, 0) is 11.2 Å². The van der Waals surface area contributed by atoms with Gasteiger partial charge in [-0.25, -0.2) is 4.68 Å². The van der Waals surface area contributed by atoms with E-state index in [0.717, 1.165) is 16.9 Å². The van der Waals surface area contributed by atoms with Crippen LogP contribution in [0.5, 0.6) is 0 Å². The summed E-state index contributed by atoms with van der Waals surface area (Å²) in [5.41, 5.74) is 4.19. The summed E-state index contributed by atoms with van der Waals surface area (Å²) in [4.78, 5) is 10.6. The van der Waals surface area contributed by atoms with Gasteiger partial charge in [0, 0.05) is 12.1 Å². The molecule has 0 spiro atoms. The maximum absolute atomic E-state index is 10.6. The van der Waals surface area contributed by atoms with Crippen molar-refractivity contribution in [3.8, 4) is 5.69 Å². The van der Waals surface area contributed by atoms with Crippen molar-refractivity contribution in [1.29, 1.82) is 0 Å². The highest BCUT2D eigenvalue weighted by atomic mass is 16.4. The molecule has 0 aliphatic rings. The van der Waals surface area contributed by atoms with Crippen molar-refractivity contribution in [2.45, 2.75) is 26.7 Å². The lowest BCUT2D eigenvalue weighted by Gasteiger charge is -2.05. The minimum atomic E-state index is -0.780. The van der Waals surface area contributed by atoms with E-state index >= 15 is 0 Å². The van der Waals surface area contributed by atoms with Gasteiger partial charge >= 0.3 is 5.97 Å². The Balaban J connectivity index is 2.25. The van der Waals surface area contributed by atoms with Crippen molar-refractivity contribution < 1.29 is 9.90 Å². The van der Waals surface area contributed by atoms with Crippen LogP contribution in [0.25, 0.3) is 5.69 Å². The van der Waals surface area contributed by atoms with Gasteiger partial charge < -0.3 is 5.11 Å². The number of nitrogens with zero attached hydrogens (tertiary/aromatic N) is 2. The van der Waals surface area contributed by atoms with Crippen molar-refractivity contribution in [2.24, 2.45) is 0 Å². The van der Waals surface area contributed by atoms with E-state index in [4.69, 9.17) is 5.11 Å². The van der Waals surface area contributed by atoms with Crippen LogP contribution in [0.3, 0.4) is 0 Å². The summed E-state index contributed by atoms with van der Waals surface area (Å²) in [5, 5.41) is 13.0. The summed E-state index contributed by atoms with van der Waals surface area (Å²) in [6.45, 7) is 4.00. The first-order chi connectivity index (χ1) is 8.58. The molecule has 0 unspecified atom stereocenters. The maximum atomic E-state index is 10.6. The molecular formula is C14H16N2O2. The molecule has 1 aromatic heterocycles. The number of hydrogen-bond donors (Lipinski definition) is 1. The van der Waals surface area contributed by atoms with E-state index in [2.05, 4.69) is 5.10 Å². The third kappa shape index (κ3) is 2.59. The Morgan fingerprint density at radius 2 is 1.94 bits per heavy atom. The van der Waals surface area contributed by atoms with Gasteiger partial charge in [0.1, 0.15) is 0 Å². The number of carboxylic acid groups (broad SMARTS) is 1. The van der Waals surface area contributed by atoms with Crippen molar-refractivity contribution in [3.05, 3.63) is 47.3 Å². The fourth-order valence-corrected chi connectivity index (χ4v) is 1.88. The second kappa shape index (κ2) is 5.04. The first-order valence-electron chi connectivity index (χ1n) is 5.90. The molecule has 94 valence electrons. The van der Waals surface area contributed by atoms with E-state index in [1.807, 2.05) is 42.8 Å². The SMILES string of the molecule is Cc1ccc(-n2ncc(CCC(=O)O)c2C)cc1. The lowest BCUT2D eigenvalue weighted by Crippen LogP contribution is -2.01. The van der Waals surface area contributed by atoms with Gasteiger partial charge in [0.15, 0.2) is 0 Å². The van der Waals surface area contributed by atoms with E-state index in [0.29, 0.717) is 6.42 Å². The van der Waals surface area contributed by atoms with Crippen LogP contribution < -0.4 is 0 Å². The fourth-order valence-electron chi connectivity index (χ4n) is 1.88. The highest BCUT2D eigenvalue weighted by Crippen LogP contribution is 2.16.